The average molecular weight is 182 g/mol. The summed E-state index contributed by atoms with van der Waals surface area (Å²) < 4.78 is 5.23. The topological polar surface area (TPSA) is 26.3 Å². The van der Waals surface area contributed by atoms with E-state index >= 15 is 0 Å². The maximum atomic E-state index is 10.4. The Hall–Kier alpha value is -0.530. The van der Waals surface area contributed by atoms with Gasteiger partial charge in [-0.3, -0.25) is 4.79 Å². The Bertz CT molecular complexity index is 202. The van der Waals surface area contributed by atoms with Crippen LogP contribution in [0.3, 0.4) is 0 Å². The molecule has 2 saturated carbocycles. The van der Waals surface area contributed by atoms with Gasteiger partial charge in [-0.25, -0.2) is 0 Å². The van der Waals surface area contributed by atoms with Gasteiger partial charge in [0.2, 0.25) is 0 Å². The Labute approximate surface area is 79.7 Å². The summed E-state index contributed by atoms with van der Waals surface area (Å²) in [6.45, 7) is 5.17. The minimum Gasteiger partial charge on any atom is -0.464 e. The monoisotopic (exact) mass is 182 g/mol. The lowest BCUT2D eigenvalue weighted by Crippen LogP contribution is -2.29. The molecular formula is C11H18O2. The van der Waals surface area contributed by atoms with Crippen molar-refractivity contribution in [3.8, 4) is 0 Å². The number of hydrogen-bond acceptors (Lipinski definition) is 2. The van der Waals surface area contributed by atoms with Crippen LogP contribution in [0.1, 0.15) is 33.1 Å². The molecule has 0 aromatic carbocycles. The summed E-state index contributed by atoms with van der Waals surface area (Å²) in [4.78, 5) is 10.4. The van der Waals surface area contributed by atoms with E-state index in [1.54, 1.807) is 0 Å². The van der Waals surface area contributed by atoms with Crippen molar-refractivity contribution in [3.05, 3.63) is 0 Å². The summed E-state index contributed by atoms with van der Waals surface area (Å²) in [5, 5.41) is 0. The highest BCUT2D eigenvalue weighted by atomic mass is 16.5. The molecule has 0 radical (unpaired) electrons. The van der Waals surface area contributed by atoms with Gasteiger partial charge in [0, 0.05) is 0 Å². The smallest absolute Gasteiger partial charge is 0.293 e. The van der Waals surface area contributed by atoms with Crippen molar-refractivity contribution in [1.29, 1.82) is 0 Å². The molecule has 2 bridgehead atoms. The molecule has 2 aliphatic carbocycles. The fraction of sp³-hybridized carbons (Fsp3) is 0.909. The number of carbonyl (C=O) groups is 1. The van der Waals surface area contributed by atoms with Crippen LogP contribution < -0.4 is 0 Å². The van der Waals surface area contributed by atoms with E-state index in [2.05, 4.69) is 13.8 Å². The molecule has 0 aliphatic heterocycles. The number of carbonyl (C=O) groups excluding carboxylic acids is 1. The summed E-state index contributed by atoms with van der Waals surface area (Å²) in [6.07, 6.45) is 4.00. The van der Waals surface area contributed by atoms with Crippen molar-refractivity contribution in [2.45, 2.75) is 39.2 Å². The molecule has 0 amide bonds. The third kappa shape index (κ3) is 1.18. The first-order valence-corrected chi connectivity index (χ1v) is 5.38. The maximum absolute atomic E-state index is 10.4. The minimum atomic E-state index is 0.233. The van der Waals surface area contributed by atoms with E-state index in [0.717, 1.165) is 18.3 Å². The molecule has 2 rings (SSSR count). The second kappa shape index (κ2) is 3.32. The molecule has 0 spiro atoms. The zero-order valence-electron chi connectivity index (χ0n) is 8.40. The molecule has 5 unspecified atom stereocenters. The molecule has 2 nitrogen and oxygen atoms in total. The Morgan fingerprint density at radius 1 is 1.38 bits per heavy atom. The zero-order valence-corrected chi connectivity index (χ0v) is 8.40. The minimum absolute atomic E-state index is 0.233. The van der Waals surface area contributed by atoms with Crippen molar-refractivity contribution >= 4 is 6.47 Å². The predicted molar refractivity (Wildman–Crippen MR) is 50.1 cm³/mol. The van der Waals surface area contributed by atoms with E-state index in [1.165, 1.54) is 12.8 Å². The highest BCUT2D eigenvalue weighted by molar-refractivity contribution is 5.38. The SMILES string of the molecule is CCC1C2CCC(C2C)C1OC=O. The molecule has 5 atom stereocenters. The number of rotatable bonds is 3. The third-order valence-electron chi connectivity index (χ3n) is 4.26. The van der Waals surface area contributed by atoms with Crippen LogP contribution in [0.4, 0.5) is 0 Å². The predicted octanol–water partition coefficient (Wildman–Crippen LogP) is 2.23. The number of ether oxygens (including phenoxy) is 1. The van der Waals surface area contributed by atoms with Gasteiger partial charge >= 0.3 is 0 Å². The maximum Gasteiger partial charge on any atom is 0.293 e. The van der Waals surface area contributed by atoms with Gasteiger partial charge in [-0.15, -0.1) is 0 Å². The van der Waals surface area contributed by atoms with Crippen LogP contribution in [0.25, 0.3) is 0 Å². The van der Waals surface area contributed by atoms with Crippen LogP contribution in [0.5, 0.6) is 0 Å². The van der Waals surface area contributed by atoms with E-state index in [1.807, 2.05) is 0 Å². The standard InChI is InChI=1S/C11H18O2/c1-3-8-9-4-5-10(7(9)2)11(8)13-6-12/h6-11H,3-5H2,1-2H3. The van der Waals surface area contributed by atoms with Crippen LogP contribution >= 0.6 is 0 Å². The Kier molecular flexibility index (Phi) is 2.31. The second-order valence-electron chi connectivity index (χ2n) is 4.53. The van der Waals surface area contributed by atoms with E-state index in [9.17, 15) is 4.79 Å². The molecular weight excluding hydrogens is 164 g/mol. The summed E-state index contributed by atoms with van der Waals surface area (Å²) in [7, 11) is 0. The van der Waals surface area contributed by atoms with Crippen molar-refractivity contribution in [3.63, 3.8) is 0 Å². The van der Waals surface area contributed by atoms with Crippen molar-refractivity contribution < 1.29 is 9.53 Å². The van der Waals surface area contributed by atoms with Gasteiger partial charge in [-0.05, 0) is 42.9 Å². The molecule has 0 N–H and O–H groups in total. The lowest BCUT2D eigenvalue weighted by molar-refractivity contribution is -0.139. The van der Waals surface area contributed by atoms with Crippen LogP contribution in [-0.4, -0.2) is 12.6 Å². The second-order valence-corrected chi connectivity index (χ2v) is 4.53. The van der Waals surface area contributed by atoms with Crippen LogP contribution in [-0.2, 0) is 9.53 Å². The summed E-state index contributed by atoms with van der Waals surface area (Å²) in [6, 6.07) is 0. The van der Waals surface area contributed by atoms with Crippen LogP contribution in [0.15, 0.2) is 0 Å². The van der Waals surface area contributed by atoms with Gasteiger partial charge in [0.05, 0.1) is 0 Å². The molecule has 2 fully saturated rings. The summed E-state index contributed by atoms with van der Waals surface area (Å²) >= 11 is 0. The lowest BCUT2D eigenvalue weighted by atomic mass is 9.84. The van der Waals surface area contributed by atoms with Crippen molar-refractivity contribution in [2.75, 3.05) is 0 Å². The number of fused-ring (bicyclic) bond motifs is 2. The van der Waals surface area contributed by atoms with Gasteiger partial charge < -0.3 is 4.74 Å². The van der Waals surface area contributed by atoms with E-state index in [-0.39, 0.29) is 6.10 Å². The molecule has 13 heavy (non-hydrogen) atoms. The van der Waals surface area contributed by atoms with Crippen molar-refractivity contribution in [1.82, 2.24) is 0 Å². The summed E-state index contributed by atoms with van der Waals surface area (Å²) in [5.74, 6) is 2.88. The van der Waals surface area contributed by atoms with Crippen LogP contribution in [0.2, 0.25) is 0 Å². The van der Waals surface area contributed by atoms with E-state index < -0.39 is 0 Å². The first-order valence-electron chi connectivity index (χ1n) is 5.38. The fourth-order valence-electron chi connectivity index (χ4n) is 3.66. The molecule has 2 aliphatic rings. The molecule has 0 saturated heterocycles. The van der Waals surface area contributed by atoms with Gasteiger partial charge in [0.15, 0.2) is 0 Å². The highest BCUT2D eigenvalue weighted by Gasteiger charge is 2.52. The first kappa shape index (κ1) is 9.04. The molecule has 0 aromatic rings. The van der Waals surface area contributed by atoms with E-state index in [4.69, 9.17) is 4.74 Å². The molecule has 0 aromatic heterocycles. The van der Waals surface area contributed by atoms with Gasteiger partial charge in [0.1, 0.15) is 6.10 Å². The van der Waals surface area contributed by atoms with Gasteiger partial charge in [-0.1, -0.05) is 13.8 Å². The number of hydrogen-bond donors (Lipinski definition) is 0. The zero-order chi connectivity index (χ0) is 9.42. The molecule has 0 heterocycles. The third-order valence-corrected chi connectivity index (χ3v) is 4.26. The first-order chi connectivity index (χ1) is 6.29. The highest BCUT2D eigenvalue weighted by Crippen LogP contribution is 2.54. The normalized spacial score (nSPS) is 48.0. The Balaban J connectivity index is 2.13. The Morgan fingerprint density at radius 3 is 2.69 bits per heavy atom. The quantitative estimate of drug-likeness (QED) is 0.626. The Morgan fingerprint density at radius 2 is 2.08 bits per heavy atom. The fourth-order valence-corrected chi connectivity index (χ4v) is 3.66. The van der Waals surface area contributed by atoms with Crippen LogP contribution in [0, 0.1) is 23.7 Å². The van der Waals surface area contributed by atoms with Gasteiger partial charge in [0.25, 0.3) is 6.47 Å². The largest absolute Gasteiger partial charge is 0.464 e. The van der Waals surface area contributed by atoms with Gasteiger partial charge in [-0.2, -0.15) is 0 Å². The summed E-state index contributed by atoms with van der Waals surface area (Å²) in [5.41, 5.74) is 0. The lowest BCUT2D eigenvalue weighted by Gasteiger charge is -2.28. The molecule has 74 valence electrons. The van der Waals surface area contributed by atoms with E-state index in [0.29, 0.717) is 18.3 Å². The average Bonchev–Trinajstić information content (AvgIpc) is 2.60. The molecule has 2 heteroatoms. The van der Waals surface area contributed by atoms with Crippen molar-refractivity contribution in [2.24, 2.45) is 23.7 Å².